The normalized spacial score (nSPS) is 10.8. The minimum Gasteiger partial charge on any atom is -0.462 e. The molecule has 0 aliphatic carbocycles. The van der Waals surface area contributed by atoms with Crippen molar-refractivity contribution >= 4 is 43.8 Å². The molecule has 0 aromatic carbocycles. The first-order valence-electron chi connectivity index (χ1n) is 4.72. The van der Waals surface area contributed by atoms with E-state index >= 15 is 0 Å². The van der Waals surface area contributed by atoms with Crippen LogP contribution in [0.1, 0.15) is 6.92 Å². The second-order valence-corrected chi connectivity index (χ2v) is 6.64. The van der Waals surface area contributed by atoms with Gasteiger partial charge < -0.3 is 9.47 Å². The molecule has 0 N–H and O–H groups in total. The maximum atomic E-state index is 11.0. The summed E-state index contributed by atoms with van der Waals surface area (Å²) in [4.78, 5) is 22.0. The lowest BCUT2D eigenvalue weighted by Gasteiger charge is -2.29. The molecule has 0 unspecified atom stereocenters. The largest absolute Gasteiger partial charge is 0.462 e. The third-order valence-corrected chi connectivity index (χ3v) is 4.16. The molecule has 0 bridgehead atoms. The van der Waals surface area contributed by atoms with Crippen molar-refractivity contribution in [1.82, 2.24) is 0 Å². The van der Waals surface area contributed by atoms with Gasteiger partial charge in [0, 0.05) is 12.2 Å². The molecule has 6 heteroatoms. The number of rotatable bonds is 7. The molecule has 0 aromatic heterocycles. The number of esters is 2. The Morgan fingerprint density at radius 2 is 1.53 bits per heavy atom. The van der Waals surface area contributed by atoms with Crippen LogP contribution in [-0.4, -0.2) is 28.9 Å². The third kappa shape index (κ3) is 6.02. The van der Waals surface area contributed by atoms with E-state index in [2.05, 4.69) is 45.0 Å². The number of carbonyl (C=O) groups excluding carboxylic acids is 2. The maximum Gasteiger partial charge on any atom is 0.330 e. The molecule has 0 atom stereocenters. The third-order valence-electron chi connectivity index (χ3n) is 1.95. The number of hydrogen-bond acceptors (Lipinski definition) is 4. The Bertz CT molecular complexity index is 289. The van der Waals surface area contributed by atoms with E-state index in [-0.39, 0.29) is 17.0 Å². The van der Waals surface area contributed by atoms with E-state index in [0.29, 0.717) is 0 Å². The van der Waals surface area contributed by atoms with Crippen LogP contribution in [0.2, 0.25) is 0 Å². The van der Waals surface area contributed by atoms with E-state index in [1.54, 1.807) is 6.92 Å². The monoisotopic (exact) mass is 368 g/mol. The van der Waals surface area contributed by atoms with Crippen LogP contribution < -0.4 is 0 Å². The Morgan fingerprint density at radius 3 is 1.76 bits per heavy atom. The van der Waals surface area contributed by atoms with Gasteiger partial charge in [-0.15, -0.1) is 0 Å². The molecule has 0 spiro atoms. The molecule has 0 rings (SSSR count). The molecule has 0 heterocycles. The zero-order valence-electron chi connectivity index (χ0n) is 9.45. The Labute approximate surface area is 117 Å². The van der Waals surface area contributed by atoms with Crippen molar-refractivity contribution in [2.75, 3.05) is 13.2 Å². The van der Waals surface area contributed by atoms with Gasteiger partial charge in [-0.05, 0) is 0 Å². The molecular formula is C11H14Br2O4. The average molecular weight is 370 g/mol. The van der Waals surface area contributed by atoms with E-state index < -0.39 is 17.4 Å². The first-order chi connectivity index (χ1) is 7.85. The number of halogens is 2. The van der Waals surface area contributed by atoms with Gasteiger partial charge in [0.1, 0.15) is 13.2 Å². The van der Waals surface area contributed by atoms with Crippen molar-refractivity contribution in [3.05, 3.63) is 25.3 Å². The predicted molar refractivity (Wildman–Crippen MR) is 72.1 cm³/mol. The molecular weight excluding hydrogens is 356 g/mol. The molecule has 17 heavy (non-hydrogen) atoms. The van der Waals surface area contributed by atoms with Crippen molar-refractivity contribution < 1.29 is 19.1 Å². The Morgan fingerprint density at radius 1 is 1.18 bits per heavy atom. The number of ether oxygens (including phenoxy) is 2. The van der Waals surface area contributed by atoms with Crippen LogP contribution in [0.3, 0.4) is 0 Å². The zero-order chi connectivity index (χ0) is 13.5. The summed E-state index contributed by atoms with van der Waals surface area (Å²) in [7, 11) is 0. The summed E-state index contributed by atoms with van der Waals surface area (Å²) in [5.41, 5.74) is -0.586. The Balaban J connectivity index is 4.45. The summed E-state index contributed by atoms with van der Waals surface area (Å²) in [6.45, 7) is 8.57. The molecule has 0 radical (unpaired) electrons. The van der Waals surface area contributed by atoms with E-state index in [4.69, 9.17) is 9.47 Å². The zero-order valence-corrected chi connectivity index (χ0v) is 12.6. The summed E-state index contributed by atoms with van der Waals surface area (Å²) < 4.78 is 9.72. The highest BCUT2D eigenvalue weighted by Gasteiger charge is 2.34. The lowest BCUT2D eigenvalue weighted by atomic mass is 9.96. The topological polar surface area (TPSA) is 52.6 Å². The van der Waals surface area contributed by atoms with E-state index in [1.165, 1.54) is 0 Å². The van der Waals surface area contributed by atoms with Gasteiger partial charge in [-0.25, -0.2) is 9.59 Å². The van der Waals surface area contributed by atoms with Crippen molar-refractivity contribution in [3.8, 4) is 0 Å². The molecule has 0 amide bonds. The fourth-order valence-corrected chi connectivity index (χ4v) is 1.29. The standard InChI is InChI=1S/C11H14Br2O4/c1-4-8(14)16-6-11(3,10(12)13)7-17-9(15)5-2/h4-5,10H,1-2,6-7H2,3H3. The fraction of sp³-hybridized carbons (Fsp3) is 0.455. The molecule has 0 fully saturated rings. The summed E-state index contributed by atoms with van der Waals surface area (Å²) in [5, 5.41) is 0. The number of alkyl halides is 2. The molecule has 0 saturated carbocycles. The quantitative estimate of drug-likeness (QED) is 0.393. The molecule has 0 aromatic rings. The smallest absolute Gasteiger partial charge is 0.330 e. The number of hydrogen-bond donors (Lipinski definition) is 0. The maximum absolute atomic E-state index is 11.0. The average Bonchev–Trinajstić information content (AvgIpc) is 2.32. The van der Waals surface area contributed by atoms with E-state index in [1.807, 2.05) is 0 Å². The van der Waals surface area contributed by atoms with Crippen molar-refractivity contribution in [2.45, 2.75) is 10.7 Å². The van der Waals surface area contributed by atoms with Gasteiger partial charge in [0.25, 0.3) is 0 Å². The van der Waals surface area contributed by atoms with Crippen molar-refractivity contribution in [3.63, 3.8) is 0 Å². The van der Waals surface area contributed by atoms with Gasteiger partial charge in [0.2, 0.25) is 0 Å². The van der Waals surface area contributed by atoms with Crippen LogP contribution in [-0.2, 0) is 19.1 Å². The van der Waals surface area contributed by atoms with Crippen LogP contribution in [0.5, 0.6) is 0 Å². The van der Waals surface area contributed by atoms with Gasteiger partial charge in [0.15, 0.2) is 0 Å². The lowest BCUT2D eigenvalue weighted by Crippen LogP contribution is -2.36. The van der Waals surface area contributed by atoms with E-state index in [0.717, 1.165) is 12.2 Å². The Kier molecular flexibility index (Phi) is 7.38. The van der Waals surface area contributed by atoms with Gasteiger partial charge in [0.05, 0.1) is 9.15 Å². The molecule has 0 saturated heterocycles. The second kappa shape index (κ2) is 7.66. The highest BCUT2D eigenvalue weighted by atomic mass is 79.9. The summed E-state index contributed by atoms with van der Waals surface area (Å²) in [6.07, 6.45) is 2.15. The molecule has 0 aliphatic rings. The van der Waals surface area contributed by atoms with E-state index in [9.17, 15) is 9.59 Å². The second-order valence-electron chi connectivity index (χ2n) is 3.58. The lowest BCUT2D eigenvalue weighted by molar-refractivity contribution is -0.146. The Hall–Kier alpha value is -0.620. The molecule has 96 valence electrons. The minimum absolute atomic E-state index is 0.0867. The van der Waals surface area contributed by atoms with Gasteiger partial charge in [-0.2, -0.15) is 0 Å². The van der Waals surface area contributed by atoms with Crippen molar-refractivity contribution in [1.29, 1.82) is 0 Å². The molecule has 4 nitrogen and oxygen atoms in total. The first kappa shape index (κ1) is 16.4. The SMILES string of the molecule is C=CC(=O)OCC(C)(COC(=O)C=C)C(Br)Br. The van der Waals surface area contributed by atoms with Gasteiger partial charge in [-0.1, -0.05) is 51.9 Å². The van der Waals surface area contributed by atoms with Crippen molar-refractivity contribution in [2.24, 2.45) is 5.41 Å². The van der Waals surface area contributed by atoms with Crippen LogP contribution >= 0.6 is 31.9 Å². The van der Waals surface area contributed by atoms with Crippen LogP contribution in [0.15, 0.2) is 25.3 Å². The van der Waals surface area contributed by atoms with Crippen LogP contribution in [0.25, 0.3) is 0 Å². The number of carbonyl (C=O) groups is 2. The minimum atomic E-state index is -0.586. The molecule has 0 aliphatic heterocycles. The van der Waals surface area contributed by atoms with Crippen LogP contribution in [0.4, 0.5) is 0 Å². The fourth-order valence-electron chi connectivity index (χ4n) is 0.757. The summed E-state index contributed by atoms with van der Waals surface area (Å²) in [5.74, 6) is -1.04. The summed E-state index contributed by atoms with van der Waals surface area (Å²) in [6, 6.07) is 0. The predicted octanol–water partition coefficient (Wildman–Crippen LogP) is 2.57. The van der Waals surface area contributed by atoms with Gasteiger partial charge >= 0.3 is 11.9 Å². The van der Waals surface area contributed by atoms with Gasteiger partial charge in [-0.3, -0.25) is 0 Å². The highest BCUT2D eigenvalue weighted by molar-refractivity contribution is 9.24. The highest BCUT2D eigenvalue weighted by Crippen LogP contribution is 2.33. The van der Waals surface area contributed by atoms with Crippen LogP contribution in [0, 0.1) is 5.41 Å². The first-order valence-corrected chi connectivity index (χ1v) is 6.55. The summed E-state index contributed by atoms with van der Waals surface area (Å²) >= 11 is 6.65.